The van der Waals surface area contributed by atoms with Crippen LogP contribution in [0.1, 0.15) is 58.6 Å². The lowest BCUT2D eigenvalue weighted by molar-refractivity contribution is 0.0140. The maximum atomic E-state index is 12.7. The fourth-order valence-corrected chi connectivity index (χ4v) is 3.41. The van der Waals surface area contributed by atoms with E-state index in [2.05, 4.69) is 54.9 Å². The van der Waals surface area contributed by atoms with E-state index in [4.69, 9.17) is 4.74 Å². The van der Waals surface area contributed by atoms with Crippen molar-refractivity contribution in [3.05, 3.63) is 17.7 Å². The van der Waals surface area contributed by atoms with Crippen LogP contribution < -0.4 is 0 Å². The van der Waals surface area contributed by atoms with Gasteiger partial charge in [-0.25, -0.2) is 9.78 Å². The number of H-pyrrole nitrogens is 1. The summed E-state index contributed by atoms with van der Waals surface area (Å²) in [5, 5.41) is 0. The van der Waals surface area contributed by atoms with Gasteiger partial charge in [-0.15, -0.1) is 5.54 Å². The molecule has 1 aromatic heterocycles. The number of aromatic amines is 1. The first kappa shape index (κ1) is 19.6. The number of ether oxygens (including phenoxy) is 1. The van der Waals surface area contributed by atoms with Gasteiger partial charge in [0.2, 0.25) is 0 Å². The molecule has 0 aliphatic carbocycles. The second kappa shape index (κ2) is 6.87. The Morgan fingerprint density at radius 1 is 1.36 bits per heavy atom. The Hall–Kier alpha value is -1.74. The number of rotatable bonds is 1. The molecule has 0 radical (unpaired) electrons. The normalized spacial score (nSPS) is 24.0. The highest BCUT2D eigenvalue weighted by Gasteiger charge is 2.43. The Kier molecular flexibility index (Phi) is 5.38. The Balaban J connectivity index is 2.25. The average molecular weight is 362 g/mol. The molecule has 2 rings (SSSR count). The topological polar surface area (TPSA) is 58.2 Å². The minimum atomic E-state index is -1.44. The summed E-state index contributed by atoms with van der Waals surface area (Å²) in [6.07, 6.45) is 2.36. The highest BCUT2D eigenvalue weighted by molar-refractivity contribution is 6.83. The van der Waals surface area contributed by atoms with Crippen LogP contribution in [0.25, 0.3) is 0 Å². The molecule has 1 aliphatic heterocycles. The standard InChI is InChI=1S/C19H31N3O2Si/c1-13-11-16(22(14(13)2)18(23)24-19(3,4)5)17-20-12-15(21-17)9-10-25(6,7)8/h12-14,16H,11H2,1-8H3,(H,20,21)/t13-,14-,16+/m1/s1. The van der Waals surface area contributed by atoms with Crippen LogP contribution in [-0.4, -0.2) is 40.7 Å². The molecule has 1 aromatic rings. The minimum absolute atomic E-state index is 0.0951. The summed E-state index contributed by atoms with van der Waals surface area (Å²) >= 11 is 0. The van der Waals surface area contributed by atoms with Crippen molar-refractivity contribution in [3.8, 4) is 11.5 Å². The predicted octanol–water partition coefficient (Wildman–Crippen LogP) is 4.35. The minimum Gasteiger partial charge on any atom is -0.444 e. The third kappa shape index (κ3) is 5.11. The van der Waals surface area contributed by atoms with Crippen molar-refractivity contribution < 1.29 is 9.53 Å². The molecule has 25 heavy (non-hydrogen) atoms. The van der Waals surface area contributed by atoms with Crippen molar-refractivity contribution in [2.75, 3.05) is 0 Å². The summed E-state index contributed by atoms with van der Waals surface area (Å²) in [4.78, 5) is 22.3. The molecule has 138 valence electrons. The number of nitrogens with one attached hydrogen (secondary N) is 1. The van der Waals surface area contributed by atoms with Crippen molar-refractivity contribution in [2.45, 2.75) is 78.4 Å². The van der Waals surface area contributed by atoms with Crippen molar-refractivity contribution in [1.29, 1.82) is 0 Å². The van der Waals surface area contributed by atoms with E-state index < -0.39 is 13.7 Å². The number of likely N-dealkylation sites (tertiary alicyclic amines) is 1. The van der Waals surface area contributed by atoms with E-state index in [9.17, 15) is 4.79 Å². The van der Waals surface area contributed by atoms with E-state index in [1.807, 2.05) is 25.7 Å². The highest BCUT2D eigenvalue weighted by Crippen LogP contribution is 2.39. The van der Waals surface area contributed by atoms with E-state index in [-0.39, 0.29) is 18.2 Å². The summed E-state index contributed by atoms with van der Waals surface area (Å²) in [6, 6.07) is 0.0174. The lowest BCUT2D eigenvalue weighted by Crippen LogP contribution is -2.41. The lowest BCUT2D eigenvalue weighted by atomic mass is 10.0. The third-order valence-corrected chi connectivity index (χ3v) is 5.16. The Morgan fingerprint density at radius 3 is 2.56 bits per heavy atom. The zero-order chi connectivity index (χ0) is 19.0. The van der Waals surface area contributed by atoms with Crippen molar-refractivity contribution in [2.24, 2.45) is 5.92 Å². The first-order valence-electron chi connectivity index (χ1n) is 8.97. The fraction of sp³-hybridized carbons (Fsp3) is 0.684. The molecule has 2 heterocycles. The van der Waals surface area contributed by atoms with Gasteiger partial charge in [0.1, 0.15) is 25.2 Å². The molecule has 1 saturated heterocycles. The number of imidazole rings is 1. The summed E-state index contributed by atoms with van der Waals surface area (Å²) in [5.41, 5.74) is 3.64. The second-order valence-corrected chi connectivity index (χ2v) is 13.8. The zero-order valence-corrected chi connectivity index (χ0v) is 17.7. The summed E-state index contributed by atoms with van der Waals surface area (Å²) in [5.74, 6) is 4.37. The molecular weight excluding hydrogens is 330 g/mol. The molecule has 1 aliphatic rings. The van der Waals surface area contributed by atoms with Gasteiger partial charge in [-0.05, 0) is 40.0 Å². The maximum absolute atomic E-state index is 12.7. The molecular formula is C19H31N3O2Si. The van der Waals surface area contributed by atoms with Crippen molar-refractivity contribution in [3.63, 3.8) is 0 Å². The molecule has 0 spiro atoms. The number of nitrogens with zero attached hydrogens (tertiary/aromatic N) is 2. The molecule has 6 heteroatoms. The van der Waals surface area contributed by atoms with Gasteiger partial charge in [0.05, 0.1) is 12.2 Å². The number of amides is 1. The molecule has 1 N–H and O–H groups in total. The van der Waals surface area contributed by atoms with Crippen LogP contribution >= 0.6 is 0 Å². The number of carbonyl (C=O) groups is 1. The first-order valence-corrected chi connectivity index (χ1v) is 12.5. The van der Waals surface area contributed by atoms with E-state index in [1.54, 1.807) is 6.20 Å². The van der Waals surface area contributed by atoms with E-state index >= 15 is 0 Å². The van der Waals surface area contributed by atoms with Crippen molar-refractivity contribution in [1.82, 2.24) is 14.9 Å². The molecule has 0 bridgehead atoms. The van der Waals surface area contributed by atoms with Crippen molar-refractivity contribution >= 4 is 14.2 Å². The summed E-state index contributed by atoms with van der Waals surface area (Å²) in [7, 11) is -1.44. The van der Waals surface area contributed by atoms with Crippen LogP contribution in [0.15, 0.2) is 6.20 Å². The quantitative estimate of drug-likeness (QED) is 0.598. The molecule has 1 amide bonds. The van der Waals surface area contributed by atoms with Gasteiger partial charge < -0.3 is 9.72 Å². The zero-order valence-electron chi connectivity index (χ0n) is 16.7. The van der Waals surface area contributed by atoms with Gasteiger partial charge in [0.25, 0.3) is 0 Å². The van der Waals surface area contributed by atoms with Crippen LogP contribution in [-0.2, 0) is 4.74 Å². The first-order chi connectivity index (χ1) is 11.4. The number of hydrogen-bond donors (Lipinski definition) is 1. The fourth-order valence-electron chi connectivity index (χ4n) is 2.90. The molecule has 0 saturated carbocycles. The monoisotopic (exact) mass is 361 g/mol. The molecule has 1 fully saturated rings. The van der Waals surface area contributed by atoms with Gasteiger partial charge in [0, 0.05) is 6.04 Å². The van der Waals surface area contributed by atoms with Crippen LogP contribution in [0.3, 0.4) is 0 Å². The molecule has 0 aromatic carbocycles. The second-order valence-electron chi connectivity index (χ2n) is 9.04. The molecule has 5 nitrogen and oxygen atoms in total. The Bertz CT molecular complexity index is 688. The van der Waals surface area contributed by atoms with Crippen LogP contribution in [0.5, 0.6) is 0 Å². The SMILES string of the molecule is C[C@@H]1C[C@@H](c2ncc(C#C[Si](C)(C)C)[nH]2)N(C(=O)OC(C)(C)C)[C@@H]1C. The predicted molar refractivity (Wildman–Crippen MR) is 103 cm³/mol. The van der Waals surface area contributed by atoms with Crippen LogP contribution in [0.2, 0.25) is 19.6 Å². The van der Waals surface area contributed by atoms with Gasteiger partial charge >= 0.3 is 6.09 Å². The van der Waals surface area contributed by atoms with Crippen LogP contribution in [0, 0.1) is 17.4 Å². The molecule has 0 unspecified atom stereocenters. The Morgan fingerprint density at radius 2 is 2.00 bits per heavy atom. The third-order valence-electron chi connectivity index (χ3n) is 4.28. The van der Waals surface area contributed by atoms with E-state index in [0.29, 0.717) is 5.92 Å². The van der Waals surface area contributed by atoms with Crippen LogP contribution in [0.4, 0.5) is 4.79 Å². The number of aromatic nitrogens is 2. The molecule has 3 atom stereocenters. The Labute approximate surface area is 152 Å². The number of hydrogen-bond acceptors (Lipinski definition) is 3. The van der Waals surface area contributed by atoms with Gasteiger partial charge in [-0.1, -0.05) is 32.5 Å². The largest absolute Gasteiger partial charge is 0.444 e. The smallest absolute Gasteiger partial charge is 0.411 e. The summed E-state index contributed by atoms with van der Waals surface area (Å²) < 4.78 is 5.61. The maximum Gasteiger partial charge on any atom is 0.411 e. The number of carbonyl (C=O) groups excluding carboxylic acids is 1. The van der Waals surface area contributed by atoms with E-state index in [0.717, 1.165) is 17.9 Å². The van der Waals surface area contributed by atoms with Gasteiger partial charge in [0.15, 0.2) is 0 Å². The lowest BCUT2D eigenvalue weighted by Gasteiger charge is -2.31. The average Bonchev–Trinajstić information content (AvgIpc) is 3.00. The highest BCUT2D eigenvalue weighted by atomic mass is 28.3. The summed E-state index contributed by atoms with van der Waals surface area (Å²) in [6.45, 7) is 16.5. The van der Waals surface area contributed by atoms with E-state index in [1.165, 1.54) is 0 Å². The van der Waals surface area contributed by atoms with Gasteiger partial charge in [-0.2, -0.15) is 0 Å². The van der Waals surface area contributed by atoms with Gasteiger partial charge in [-0.3, -0.25) is 4.90 Å².